The van der Waals surface area contributed by atoms with Gasteiger partial charge in [0.25, 0.3) is 0 Å². The van der Waals surface area contributed by atoms with Crippen LogP contribution in [0.2, 0.25) is 0 Å². The minimum atomic E-state index is -1.06. The third kappa shape index (κ3) is 13.1. The van der Waals surface area contributed by atoms with Gasteiger partial charge in [-0.3, -0.25) is 4.79 Å². The van der Waals surface area contributed by atoms with Gasteiger partial charge < -0.3 is 38.5 Å². The molecule has 3 rings (SSSR count). The molecule has 0 saturated heterocycles. The number of esters is 2. The van der Waals surface area contributed by atoms with E-state index in [2.05, 4.69) is 17.4 Å². The largest absolute Gasteiger partial charge is 0.462 e. The molecule has 1 N–H and O–H groups in total. The van der Waals surface area contributed by atoms with E-state index in [-0.39, 0.29) is 51.3 Å². The Kier molecular flexibility index (Phi) is 14.5. The fourth-order valence-corrected chi connectivity index (χ4v) is 4.68. The average molecular weight is 644 g/mol. The molecule has 0 saturated carbocycles. The molecule has 2 aromatic carbocycles. The van der Waals surface area contributed by atoms with Gasteiger partial charge in [-0.2, -0.15) is 0 Å². The summed E-state index contributed by atoms with van der Waals surface area (Å²) in [6.07, 6.45) is -0.549. The molecule has 0 aromatic heterocycles. The minimum Gasteiger partial charge on any atom is -0.462 e. The van der Waals surface area contributed by atoms with Gasteiger partial charge in [0.2, 0.25) is 0 Å². The molecule has 254 valence electrons. The van der Waals surface area contributed by atoms with Crippen LogP contribution in [-0.4, -0.2) is 94.7 Å². The van der Waals surface area contributed by atoms with Crippen molar-refractivity contribution in [2.24, 2.45) is 0 Å². The smallest absolute Gasteiger partial charge is 0.407 e. The van der Waals surface area contributed by atoms with Crippen LogP contribution < -0.4 is 5.32 Å². The second-order valence-electron chi connectivity index (χ2n) is 12.8. The predicted octanol–water partition coefficient (Wildman–Crippen LogP) is 5.03. The molecule has 1 unspecified atom stereocenters. The molecule has 1 atom stereocenters. The van der Waals surface area contributed by atoms with Crippen LogP contribution in [0.5, 0.6) is 0 Å². The first-order valence-electron chi connectivity index (χ1n) is 15.7. The number of fused-ring (bicyclic) bond motifs is 3. The first-order chi connectivity index (χ1) is 21.8. The topological polar surface area (TPSA) is 128 Å². The van der Waals surface area contributed by atoms with E-state index < -0.39 is 29.3 Å². The normalized spacial score (nSPS) is 13.4. The van der Waals surface area contributed by atoms with Crippen molar-refractivity contribution < 1.29 is 47.5 Å². The Bertz CT molecular complexity index is 1220. The van der Waals surface area contributed by atoms with E-state index in [9.17, 15) is 14.4 Å². The molecule has 0 spiro atoms. The first-order valence-corrected chi connectivity index (χ1v) is 15.7. The first kappa shape index (κ1) is 37.0. The van der Waals surface area contributed by atoms with Gasteiger partial charge in [0, 0.05) is 5.92 Å². The second kappa shape index (κ2) is 18.0. The van der Waals surface area contributed by atoms with Crippen LogP contribution in [0.15, 0.2) is 48.5 Å². The number of carbonyl (C=O) groups is 3. The van der Waals surface area contributed by atoms with E-state index in [1.807, 2.05) is 77.9 Å². The molecular formula is C35H49NO10. The van der Waals surface area contributed by atoms with Gasteiger partial charge in [0.05, 0.1) is 58.3 Å². The van der Waals surface area contributed by atoms with Gasteiger partial charge in [-0.25, -0.2) is 9.59 Å². The third-order valence-corrected chi connectivity index (χ3v) is 6.69. The average Bonchev–Trinajstić information content (AvgIpc) is 3.30. The number of amides is 1. The van der Waals surface area contributed by atoms with Crippen molar-refractivity contribution in [3.05, 3.63) is 59.7 Å². The van der Waals surface area contributed by atoms with Crippen LogP contribution in [0.1, 0.15) is 65.0 Å². The molecule has 0 heterocycles. The monoisotopic (exact) mass is 643 g/mol. The summed E-state index contributed by atoms with van der Waals surface area (Å²) in [5.41, 5.74) is 3.40. The SMILES string of the molecule is CC(C)(C)OCC(NC(=O)OCC1c2ccccc2-c2ccccc21)C(=O)OCCOCCOCCOCCC(=O)OC(C)(C)C. The molecular weight excluding hydrogens is 594 g/mol. The Morgan fingerprint density at radius 3 is 1.76 bits per heavy atom. The van der Waals surface area contributed by atoms with Crippen LogP contribution in [0.4, 0.5) is 4.79 Å². The van der Waals surface area contributed by atoms with Gasteiger partial charge in [0.15, 0.2) is 6.04 Å². The molecule has 2 aromatic rings. The number of nitrogens with one attached hydrogen (secondary N) is 1. The Balaban J connectivity index is 1.33. The molecule has 1 aliphatic carbocycles. The summed E-state index contributed by atoms with van der Waals surface area (Å²) in [7, 11) is 0. The molecule has 46 heavy (non-hydrogen) atoms. The van der Waals surface area contributed by atoms with Gasteiger partial charge in [-0.1, -0.05) is 48.5 Å². The predicted molar refractivity (Wildman–Crippen MR) is 172 cm³/mol. The fraction of sp³-hybridized carbons (Fsp3) is 0.571. The lowest BCUT2D eigenvalue weighted by Crippen LogP contribution is -2.47. The van der Waals surface area contributed by atoms with E-state index in [1.165, 1.54) is 0 Å². The van der Waals surface area contributed by atoms with Gasteiger partial charge in [0.1, 0.15) is 18.8 Å². The highest BCUT2D eigenvalue weighted by atomic mass is 16.6. The molecule has 0 fully saturated rings. The lowest BCUT2D eigenvalue weighted by molar-refractivity contribution is -0.156. The summed E-state index contributed by atoms with van der Waals surface area (Å²) in [4.78, 5) is 37.3. The number of hydrogen-bond donors (Lipinski definition) is 1. The molecule has 1 amide bonds. The quantitative estimate of drug-likeness (QED) is 0.134. The van der Waals surface area contributed by atoms with Crippen molar-refractivity contribution in [3.63, 3.8) is 0 Å². The van der Waals surface area contributed by atoms with Crippen molar-refractivity contribution >= 4 is 18.0 Å². The third-order valence-electron chi connectivity index (χ3n) is 6.69. The number of carbonyl (C=O) groups excluding carboxylic acids is 3. The van der Waals surface area contributed by atoms with Gasteiger partial charge in [-0.05, 0) is 63.8 Å². The van der Waals surface area contributed by atoms with Crippen LogP contribution in [0.25, 0.3) is 11.1 Å². The standard InChI is InChI=1S/C35H49NO10/c1-34(2,3)45-24-30(32(38)43-22-21-42-20-19-41-18-17-40-16-15-31(37)46-35(4,5)6)36-33(39)44-23-29-27-13-9-7-11-25(27)26-12-8-10-14-28(26)29/h7-14,29-30H,15-24H2,1-6H3,(H,36,39). The maximum atomic E-state index is 12.9. The second-order valence-corrected chi connectivity index (χ2v) is 12.8. The molecule has 0 aliphatic heterocycles. The molecule has 0 bridgehead atoms. The highest BCUT2D eigenvalue weighted by Gasteiger charge is 2.30. The van der Waals surface area contributed by atoms with Crippen molar-refractivity contribution in [1.29, 1.82) is 0 Å². The van der Waals surface area contributed by atoms with Crippen LogP contribution in [0, 0.1) is 0 Å². The number of benzene rings is 2. The number of hydrogen-bond acceptors (Lipinski definition) is 10. The molecule has 0 radical (unpaired) electrons. The molecule has 11 heteroatoms. The van der Waals surface area contributed by atoms with Crippen molar-refractivity contribution in [2.45, 2.75) is 71.1 Å². The van der Waals surface area contributed by atoms with Gasteiger partial charge >= 0.3 is 18.0 Å². The Morgan fingerprint density at radius 2 is 1.22 bits per heavy atom. The van der Waals surface area contributed by atoms with Gasteiger partial charge in [-0.15, -0.1) is 0 Å². The van der Waals surface area contributed by atoms with Crippen molar-refractivity contribution in [1.82, 2.24) is 5.32 Å². The maximum Gasteiger partial charge on any atom is 0.407 e. The summed E-state index contributed by atoms with van der Waals surface area (Å²) >= 11 is 0. The lowest BCUT2D eigenvalue weighted by atomic mass is 9.98. The molecule has 1 aliphatic rings. The van der Waals surface area contributed by atoms with Crippen molar-refractivity contribution in [3.8, 4) is 11.1 Å². The van der Waals surface area contributed by atoms with E-state index in [1.54, 1.807) is 0 Å². The van der Waals surface area contributed by atoms with Crippen LogP contribution >= 0.6 is 0 Å². The van der Waals surface area contributed by atoms with E-state index in [4.69, 9.17) is 33.2 Å². The zero-order valence-corrected chi connectivity index (χ0v) is 27.9. The summed E-state index contributed by atoms with van der Waals surface area (Å²) in [6.45, 7) is 12.8. The fourth-order valence-electron chi connectivity index (χ4n) is 4.68. The maximum absolute atomic E-state index is 12.9. The van der Waals surface area contributed by atoms with Crippen molar-refractivity contribution in [2.75, 3.05) is 59.5 Å². The van der Waals surface area contributed by atoms with E-state index in [0.29, 0.717) is 26.4 Å². The number of alkyl carbamates (subject to hydrolysis) is 1. The minimum absolute atomic E-state index is 0.00893. The van der Waals surface area contributed by atoms with Crippen LogP contribution in [0.3, 0.4) is 0 Å². The summed E-state index contributed by atoms with van der Waals surface area (Å²) in [5, 5.41) is 2.61. The molecule has 11 nitrogen and oxygen atoms in total. The Labute approximate surface area is 272 Å². The summed E-state index contributed by atoms with van der Waals surface area (Å²) in [5.74, 6) is -1.06. The summed E-state index contributed by atoms with van der Waals surface area (Å²) in [6, 6.07) is 15.1. The highest BCUT2D eigenvalue weighted by Crippen LogP contribution is 2.44. The Hall–Kier alpha value is -3.51. The highest BCUT2D eigenvalue weighted by molar-refractivity contribution is 5.82. The zero-order chi connectivity index (χ0) is 33.6. The number of rotatable bonds is 18. The van der Waals surface area contributed by atoms with E-state index >= 15 is 0 Å². The van der Waals surface area contributed by atoms with Crippen LogP contribution in [-0.2, 0) is 42.7 Å². The lowest BCUT2D eigenvalue weighted by Gasteiger charge is -2.24. The zero-order valence-electron chi connectivity index (χ0n) is 27.9. The number of ether oxygens (including phenoxy) is 7. The van der Waals surface area contributed by atoms with E-state index in [0.717, 1.165) is 22.3 Å². The summed E-state index contributed by atoms with van der Waals surface area (Å²) < 4.78 is 38.2. The Morgan fingerprint density at radius 1 is 0.696 bits per heavy atom.